The van der Waals surface area contributed by atoms with Crippen molar-refractivity contribution in [2.24, 2.45) is 17.6 Å². The first kappa shape index (κ1) is 12.2. The van der Waals surface area contributed by atoms with Crippen molar-refractivity contribution < 1.29 is 0 Å². The van der Waals surface area contributed by atoms with Gasteiger partial charge in [-0.3, -0.25) is 0 Å². The van der Waals surface area contributed by atoms with Crippen molar-refractivity contribution in [3.63, 3.8) is 0 Å². The molecule has 0 amide bonds. The standard InChI is InChI=1S/C15H27N/c1-12-9-10-14(11-12)15(16)13-7-5-3-2-4-6-8-13/h7,12,14-15H,2-6,8-11,16H2,1H3. The van der Waals surface area contributed by atoms with Crippen LogP contribution in [0.1, 0.15) is 64.7 Å². The first-order valence-corrected chi connectivity index (χ1v) is 7.22. The maximum atomic E-state index is 6.47. The molecule has 3 atom stereocenters. The van der Waals surface area contributed by atoms with E-state index in [1.807, 2.05) is 0 Å². The van der Waals surface area contributed by atoms with Crippen LogP contribution in [0.15, 0.2) is 11.6 Å². The number of rotatable bonds is 2. The van der Waals surface area contributed by atoms with Crippen LogP contribution in [0.5, 0.6) is 0 Å². The second-order valence-electron chi connectivity index (χ2n) is 5.94. The SMILES string of the molecule is CC1CCC(C(N)C2=CCCCCCC2)C1. The van der Waals surface area contributed by atoms with Crippen molar-refractivity contribution in [1.82, 2.24) is 0 Å². The zero-order valence-electron chi connectivity index (χ0n) is 10.8. The van der Waals surface area contributed by atoms with Crippen LogP contribution >= 0.6 is 0 Å². The summed E-state index contributed by atoms with van der Waals surface area (Å²) in [5.74, 6) is 1.69. The van der Waals surface area contributed by atoms with Crippen LogP contribution in [0.3, 0.4) is 0 Å². The van der Waals surface area contributed by atoms with E-state index >= 15 is 0 Å². The maximum Gasteiger partial charge on any atom is 0.0282 e. The van der Waals surface area contributed by atoms with Crippen molar-refractivity contribution in [3.05, 3.63) is 11.6 Å². The molecule has 0 aromatic rings. The van der Waals surface area contributed by atoms with Gasteiger partial charge in [-0.25, -0.2) is 0 Å². The molecule has 0 aliphatic heterocycles. The molecular formula is C15H27N. The lowest BCUT2D eigenvalue weighted by molar-refractivity contribution is 0.439. The lowest BCUT2D eigenvalue weighted by Gasteiger charge is -2.24. The summed E-state index contributed by atoms with van der Waals surface area (Å²) in [7, 11) is 0. The van der Waals surface area contributed by atoms with Crippen LogP contribution in [0.25, 0.3) is 0 Å². The molecule has 1 heteroatoms. The zero-order valence-corrected chi connectivity index (χ0v) is 10.8. The quantitative estimate of drug-likeness (QED) is 0.700. The highest BCUT2D eigenvalue weighted by molar-refractivity contribution is 5.13. The van der Waals surface area contributed by atoms with Crippen LogP contribution in [-0.4, -0.2) is 6.04 Å². The van der Waals surface area contributed by atoms with Gasteiger partial charge in [0, 0.05) is 6.04 Å². The van der Waals surface area contributed by atoms with E-state index in [0.717, 1.165) is 11.8 Å². The Morgan fingerprint density at radius 1 is 1.19 bits per heavy atom. The van der Waals surface area contributed by atoms with Crippen LogP contribution in [0.4, 0.5) is 0 Å². The molecule has 0 radical (unpaired) electrons. The molecule has 1 nitrogen and oxygen atoms in total. The largest absolute Gasteiger partial charge is 0.324 e. The van der Waals surface area contributed by atoms with Crippen molar-refractivity contribution in [3.8, 4) is 0 Å². The number of allylic oxidation sites excluding steroid dienone is 1. The highest BCUT2D eigenvalue weighted by Crippen LogP contribution is 2.35. The van der Waals surface area contributed by atoms with E-state index in [0.29, 0.717) is 6.04 Å². The van der Waals surface area contributed by atoms with Gasteiger partial charge < -0.3 is 5.73 Å². The molecule has 0 spiro atoms. The molecule has 0 heterocycles. The predicted molar refractivity (Wildman–Crippen MR) is 70.3 cm³/mol. The summed E-state index contributed by atoms with van der Waals surface area (Å²) >= 11 is 0. The fraction of sp³-hybridized carbons (Fsp3) is 0.867. The van der Waals surface area contributed by atoms with E-state index in [9.17, 15) is 0 Å². The third-order valence-corrected chi connectivity index (χ3v) is 4.50. The Balaban J connectivity index is 1.93. The summed E-state index contributed by atoms with van der Waals surface area (Å²) in [6.07, 6.45) is 14.7. The minimum Gasteiger partial charge on any atom is -0.324 e. The second kappa shape index (κ2) is 5.86. The molecule has 92 valence electrons. The van der Waals surface area contributed by atoms with Gasteiger partial charge >= 0.3 is 0 Å². The average molecular weight is 221 g/mol. The van der Waals surface area contributed by atoms with Crippen molar-refractivity contribution in [2.75, 3.05) is 0 Å². The van der Waals surface area contributed by atoms with Crippen LogP contribution in [0, 0.1) is 11.8 Å². The topological polar surface area (TPSA) is 26.0 Å². The van der Waals surface area contributed by atoms with E-state index in [-0.39, 0.29) is 0 Å². The number of hydrogen-bond donors (Lipinski definition) is 1. The molecule has 2 aliphatic carbocycles. The summed E-state index contributed by atoms with van der Waals surface area (Å²) < 4.78 is 0. The first-order valence-electron chi connectivity index (χ1n) is 7.22. The monoisotopic (exact) mass is 221 g/mol. The highest BCUT2D eigenvalue weighted by atomic mass is 14.7. The Labute approximate surface area is 100 Å². The van der Waals surface area contributed by atoms with Gasteiger partial charge in [0.15, 0.2) is 0 Å². The third-order valence-electron chi connectivity index (χ3n) is 4.50. The van der Waals surface area contributed by atoms with Gasteiger partial charge in [-0.05, 0) is 50.4 Å². The van der Waals surface area contributed by atoms with Gasteiger partial charge in [0.05, 0.1) is 0 Å². The van der Waals surface area contributed by atoms with Gasteiger partial charge in [0.1, 0.15) is 0 Å². The fourth-order valence-electron chi connectivity index (χ4n) is 3.40. The molecule has 0 aromatic carbocycles. The van der Waals surface area contributed by atoms with Crippen molar-refractivity contribution >= 4 is 0 Å². The fourth-order valence-corrected chi connectivity index (χ4v) is 3.40. The van der Waals surface area contributed by atoms with Crippen LogP contribution < -0.4 is 5.73 Å². The molecule has 1 saturated carbocycles. The van der Waals surface area contributed by atoms with Gasteiger partial charge in [0.25, 0.3) is 0 Å². The molecule has 0 saturated heterocycles. The van der Waals surface area contributed by atoms with E-state index in [1.54, 1.807) is 5.57 Å². The van der Waals surface area contributed by atoms with Gasteiger partial charge in [0.2, 0.25) is 0 Å². The summed E-state index contributed by atoms with van der Waals surface area (Å²) in [5, 5.41) is 0. The maximum absolute atomic E-state index is 6.47. The molecule has 2 N–H and O–H groups in total. The predicted octanol–water partition coefficient (Wildman–Crippen LogP) is 4.03. The molecule has 3 unspecified atom stereocenters. The van der Waals surface area contributed by atoms with E-state index < -0.39 is 0 Å². The Bertz CT molecular complexity index is 244. The van der Waals surface area contributed by atoms with E-state index in [1.165, 1.54) is 57.8 Å². The third kappa shape index (κ3) is 3.10. The van der Waals surface area contributed by atoms with E-state index in [4.69, 9.17) is 5.73 Å². The molecule has 16 heavy (non-hydrogen) atoms. The molecule has 1 fully saturated rings. The molecule has 2 aliphatic rings. The molecule has 0 bridgehead atoms. The van der Waals surface area contributed by atoms with Gasteiger partial charge in [-0.1, -0.05) is 37.8 Å². The minimum absolute atomic E-state index is 0.378. The normalized spacial score (nSPS) is 34.0. The Morgan fingerprint density at radius 2 is 2.00 bits per heavy atom. The Hall–Kier alpha value is -0.300. The van der Waals surface area contributed by atoms with Crippen molar-refractivity contribution in [2.45, 2.75) is 70.8 Å². The lowest BCUT2D eigenvalue weighted by atomic mass is 9.87. The number of hydrogen-bond acceptors (Lipinski definition) is 1. The lowest BCUT2D eigenvalue weighted by Crippen LogP contribution is -2.31. The molecular weight excluding hydrogens is 194 g/mol. The second-order valence-corrected chi connectivity index (χ2v) is 5.94. The average Bonchev–Trinajstić information content (AvgIpc) is 2.63. The summed E-state index contributed by atoms with van der Waals surface area (Å²) in [6, 6.07) is 0.378. The molecule has 2 rings (SSSR count). The Morgan fingerprint density at radius 3 is 2.75 bits per heavy atom. The Kier molecular flexibility index (Phi) is 4.45. The van der Waals surface area contributed by atoms with Crippen molar-refractivity contribution in [1.29, 1.82) is 0 Å². The zero-order chi connectivity index (χ0) is 11.4. The van der Waals surface area contributed by atoms with Gasteiger partial charge in [-0.2, -0.15) is 0 Å². The highest BCUT2D eigenvalue weighted by Gasteiger charge is 2.28. The van der Waals surface area contributed by atoms with Crippen LogP contribution in [-0.2, 0) is 0 Å². The summed E-state index contributed by atoms with van der Waals surface area (Å²) in [5.41, 5.74) is 8.05. The summed E-state index contributed by atoms with van der Waals surface area (Å²) in [4.78, 5) is 0. The number of nitrogens with two attached hydrogens (primary N) is 1. The smallest absolute Gasteiger partial charge is 0.0282 e. The van der Waals surface area contributed by atoms with E-state index in [2.05, 4.69) is 13.0 Å². The molecule has 0 aromatic heterocycles. The summed E-state index contributed by atoms with van der Waals surface area (Å²) in [6.45, 7) is 2.37. The van der Waals surface area contributed by atoms with Crippen LogP contribution in [0.2, 0.25) is 0 Å². The first-order chi connectivity index (χ1) is 7.77. The minimum atomic E-state index is 0.378. The van der Waals surface area contributed by atoms with Gasteiger partial charge in [-0.15, -0.1) is 0 Å².